The fraction of sp³-hybridized carbons (Fsp3) is 0.615. The number of carbonyl (C=O) groups excluding carboxylic acids is 3. The maximum atomic E-state index is 11.7. The molecule has 0 aliphatic carbocycles. The number of aliphatic hydroxyl groups excluding tert-OH is 1. The maximum absolute atomic E-state index is 11.7. The maximum Gasteiger partial charge on any atom is 0.326 e. The van der Waals surface area contributed by atoms with E-state index in [1.807, 2.05) is 0 Å². The summed E-state index contributed by atoms with van der Waals surface area (Å²) in [5.41, 5.74) is 15.5. The van der Waals surface area contributed by atoms with Gasteiger partial charge in [0.1, 0.15) is 12.1 Å². The molecule has 0 aromatic carbocycles. The van der Waals surface area contributed by atoms with Gasteiger partial charge in [0.2, 0.25) is 17.7 Å². The summed E-state index contributed by atoms with van der Waals surface area (Å²) in [5, 5.41) is 24.4. The highest BCUT2D eigenvalue weighted by atomic mass is 16.4. The first-order chi connectivity index (χ1) is 12.2. The Kier molecular flexibility index (Phi) is 11.0. The van der Waals surface area contributed by atoms with Crippen LogP contribution in [-0.4, -0.2) is 78.2 Å². The number of amides is 3. The number of aliphatic hydroxyl groups is 1. The van der Waals surface area contributed by atoms with Gasteiger partial charge in [0, 0.05) is 6.54 Å². The minimum atomic E-state index is -1.24. The van der Waals surface area contributed by atoms with Crippen molar-refractivity contribution in [2.75, 3.05) is 26.2 Å². The van der Waals surface area contributed by atoms with Crippen LogP contribution >= 0.6 is 0 Å². The molecule has 0 radical (unpaired) electrons. The molecule has 0 aromatic rings. The van der Waals surface area contributed by atoms with Gasteiger partial charge < -0.3 is 43.4 Å². The van der Waals surface area contributed by atoms with Gasteiger partial charge in [-0.15, -0.1) is 0 Å². The average molecular weight is 375 g/mol. The van der Waals surface area contributed by atoms with Crippen LogP contribution in [0, 0.1) is 0 Å². The monoisotopic (exact) mass is 375 g/mol. The van der Waals surface area contributed by atoms with Crippen LogP contribution in [0.15, 0.2) is 4.99 Å². The number of aliphatic carboxylic acids is 1. The lowest BCUT2D eigenvalue weighted by atomic mass is 10.1. The lowest BCUT2D eigenvalue weighted by molar-refractivity contribution is -0.142. The summed E-state index contributed by atoms with van der Waals surface area (Å²) in [6.07, 6.45) is 0.430. The van der Waals surface area contributed by atoms with Crippen molar-refractivity contribution in [2.45, 2.75) is 24.9 Å². The third kappa shape index (κ3) is 10.8. The van der Waals surface area contributed by atoms with Gasteiger partial charge in [-0.3, -0.25) is 19.4 Å². The fourth-order valence-corrected chi connectivity index (χ4v) is 1.63. The van der Waals surface area contributed by atoms with Crippen molar-refractivity contribution in [3.8, 4) is 0 Å². The second-order valence-electron chi connectivity index (χ2n) is 5.19. The zero-order chi connectivity index (χ0) is 20.1. The summed E-state index contributed by atoms with van der Waals surface area (Å²) in [5.74, 6) is -3.47. The van der Waals surface area contributed by atoms with Crippen molar-refractivity contribution in [3.05, 3.63) is 0 Å². The van der Waals surface area contributed by atoms with Gasteiger partial charge in [-0.1, -0.05) is 0 Å². The predicted octanol–water partition coefficient (Wildman–Crippen LogP) is -4.84. The minimum Gasteiger partial charge on any atom is -0.480 e. The summed E-state index contributed by atoms with van der Waals surface area (Å²) >= 11 is 0. The number of hydrogen-bond donors (Lipinski definition) is 8. The van der Waals surface area contributed by atoms with Crippen LogP contribution in [0.4, 0.5) is 0 Å². The number of guanidine groups is 1. The van der Waals surface area contributed by atoms with Crippen molar-refractivity contribution in [3.63, 3.8) is 0 Å². The van der Waals surface area contributed by atoms with Crippen LogP contribution in [0.1, 0.15) is 12.8 Å². The number of nitrogens with zero attached hydrogens (tertiary/aromatic N) is 1. The highest BCUT2D eigenvalue weighted by molar-refractivity contribution is 5.90. The number of carboxylic acid groups (broad SMARTS) is 1. The van der Waals surface area contributed by atoms with E-state index in [9.17, 15) is 19.2 Å². The molecule has 2 unspecified atom stereocenters. The Balaban J connectivity index is 4.19. The molecule has 11 N–H and O–H groups in total. The standard InChI is InChI=1S/C13H25N7O6/c14-7(6-21)11(24)19-4-9(22)18-5-10(23)20-8(12(25)26)2-1-3-17-13(15)16/h7-8,21H,1-6,14H2,(H,18,22)(H,19,24)(H,20,23)(H,25,26)(H4,15,16,17). The van der Waals surface area contributed by atoms with Crippen molar-refractivity contribution in [1.29, 1.82) is 0 Å². The molecule has 0 rings (SSSR count). The van der Waals surface area contributed by atoms with Gasteiger partial charge in [-0.05, 0) is 12.8 Å². The molecule has 3 amide bonds. The molecule has 0 spiro atoms. The molecule has 148 valence electrons. The van der Waals surface area contributed by atoms with E-state index in [0.29, 0.717) is 6.42 Å². The molecule has 0 aromatic heterocycles. The van der Waals surface area contributed by atoms with E-state index in [1.165, 1.54) is 0 Å². The predicted molar refractivity (Wildman–Crippen MR) is 90.6 cm³/mol. The smallest absolute Gasteiger partial charge is 0.326 e. The molecule has 0 saturated carbocycles. The number of aliphatic imine (C=N–C) groups is 1. The van der Waals surface area contributed by atoms with Crippen LogP contribution in [-0.2, 0) is 19.2 Å². The second-order valence-corrected chi connectivity index (χ2v) is 5.19. The lowest BCUT2D eigenvalue weighted by Gasteiger charge is -2.14. The summed E-state index contributed by atoms with van der Waals surface area (Å²) in [6, 6.07) is -2.31. The van der Waals surface area contributed by atoms with Gasteiger partial charge in [0.25, 0.3) is 0 Å². The Bertz CT molecular complexity index is 535. The second kappa shape index (κ2) is 12.4. The first kappa shape index (κ1) is 23.1. The van der Waals surface area contributed by atoms with Crippen molar-refractivity contribution in [1.82, 2.24) is 16.0 Å². The number of nitrogens with one attached hydrogen (secondary N) is 3. The van der Waals surface area contributed by atoms with Gasteiger partial charge in [-0.25, -0.2) is 4.79 Å². The summed E-state index contributed by atoms with van der Waals surface area (Å²) in [6.45, 7) is -1.27. The molecule has 26 heavy (non-hydrogen) atoms. The largest absolute Gasteiger partial charge is 0.480 e. The van der Waals surface area contributed by atoms with Gasteiger partial charge >= 0.3 is 5.97 Å². The molecule has 0 fully saturated rings. The number of nitrogens with two attached hydrogens (primary N) is 3. The minimum absolute atomic E-state index is 0.0981. The Labute approximate surface area is 149 Å². The Morgan fingerprint density at radius 2 is 1.65 bits per heavy atom. The van der Waals surface area contributed by atoms with E-state index in [1.54, 1.807) is 0 Å². The third-order valence-electron chi connectivity index (χ3n) is 2.98. The zero-order valence-electron chi connectivity index (χ0n) is 14.1. The first-order valence-electron chi connectivity index (χ1n) is 7.65. The Morgan fingerprint density at radius 3 is 2.19 bits per heavy atom. The van der Waals surface area contributed by atoms with E-state index < -0.39 is 55.5 Å². The molecule has 0 aliphatic heterocycles. The topological polar surface area (TPSA) is 235 Å². The summed E-state index contributed by atoms with van der Waals surface area (Å²) < 4.78 is 0. The van der Waals surface area contributed by atoms with Crippen LogP contribution < -0.4 is 33.2 Å². The normalized spacial score (nSPS) is 12.4. The lowest BCUT2D eigenvalue weighted by Crippen LogP contribution is -2.49. The van der Waals surface area contributed by atoms with Crippen molar-refractivity contribution in [2.24, 2.45) is 22.2 Å². The third-order valence-corrected chi connectivity index (χ3v) is 2.98. The SMILES string of the molecule is NC(N)=NCCCC(NC(=O)CNC(=O)CNC(=O)C(N)CO)C(=O)O. The molecule has 13 heteroatoms. The quantitative estimate of drug-likeness (QED) is 0.0925. The molecule has 0 aliphatic rings. The van der Waals surface area contributed by atoms with Crippen LogP contribution in [0.25, 0.3) is 0 Å². The molecular formula is C13H25N7O6. The Morgan fingerprint density at radius 1 is 1.04 bits per heavy atom. The molecule has 0 bridgehead atoms. The molecule has 0 heterocycles. The molecule has 2 atom stereocenters. The highest BCUT2D eigenvalue weighted by Crippen LogP contribution is 1.98. The van der Waals surface area contributed by atoms with E-state index in [4.69, 9.17) is 27.4 Å². The van der Waals surface area contributed by atoms with Crippen LogP contribution in [0.2, 0.25) is 0 Å². The molecular weight excluding hydrogens is 350 g/mol. The van der Waals surface area contributed by atoms with Crippen LogP contribution in [0.3, 0.4) is 0 Å². The summed E-state index contributed by atoms with van der Waals surface area (Å²) in [4.78, 5) is 49.3. The number of rotatable bonds is 12. The number of carboxylic acids is 1. The molecule has 13 nitrogen and oxygen atoms in total. The van der Waals surface area contributed by atoms with E-state index in [0.717, 1.165) is 0 Å². The highest BCUT2D eigenvalue weighted by Gasteiger charge is 2.20. The number of hydrogen-bond acceptors (Lipinski definition) is 7. The average Bonchev–Trinajstić information content (AvgIpc) is 2.59. The van der Waals surface area contributed by atoms with Gasteiger partial charge in [0.15, 0.2) is 5.96 Å². The van der Waals surface area contributed by atoms with E-state index in [-0.39, 0.29) is 18.9 Å². The zero-order valence-corrected chi connectivity index (χ0v) is 14.1. The number of carbonyl (C=O) groups is 4. The van der Waals surface area contributed by atoms with Crippen molar-refractivity contribution < 1.29 is 29.4 Å². The summed E-state index contributed by atoms with van der Waals surface area (Å²) in [7, 11) is 0. The van der Waals surface area contributed by atoms with Gasteiger partial charge in [0.05, 0.1) is 19.7 Å². The van der Waals surface area contributed by atoms with E-state index in [2.05, 4.69) is 20.9 Å². The van der Waals surface area contributed by atoms with Crippen LogP contribution in [0.5, 0.6) is 0 Å². The Hall–Kier alpha value is -2.93. The first-order valence-corrected chi connectivity index (χ1v) is 7.65. The van der Waals surface area contributed by atoms with Gasteiger partial charge in [-0.2, -0.15) is 0 Å². The van der Waals surface area contributed by atoms with E-state index >= 15 is 0 Å². The fourth-order valence-electron chi connectivity index (χ4n) is 1.63. The molecule has 0 saturated heterocycles. The van der Waals surface area contributed by atoms with Crippen molar-refractivity contribution >= 4 is 29.7 Å².